The molecule has 0 bridgehead atoms. The SMILES string of the molecule is CN1CCN(NCC2=CCCC2)CC1. The highest BCUT2D eigenvalue weighted by Gasteiger charge is 2.13. The Labute approximate surface area is 86.7 Å². The largest absolute Gasteiger partial charge is 0.304 e. The lowest BCUT2D eigenvalue weighted by Gasteiger charge is -2.32. The number of rotatable bonds is 3. The first-order valence-electron chi connectivity index (χ1n) is 5.69. The van der Waals surface area contributed by atoms with Crippen molar-refractivity contribution in [1.82, 2.24) is 15.3 Å². The smallest absolute Gasteiger partial charge is 0.0312 e. The topological polar surface area (TPSA) is 18.5 Å². The molecule has 0 atom stereocenters. The highest BCUT2D eigenvalue weighted by atomic mass is 15.5. The number of allylic oxidation sites excluding steroid dienone is 1. The van der Waals surface area contributed by atoms with E-state index in [1.54, 1.807) is 5.57 Å². The number of hydrogen-bond acceptors (Lipinski definition) is 3. The molecule has 1 aliphatic heterocycles. The molecule has 1 aliphatic carbocycles. The van der Waals surface area contributed by atoms with Crippen LogP contribution in [0.15, 0.2) is 11.6 Å². The van der Waals surface area contributed by atoms with Crippen molar-refractivity contribution in [2.75, 3.05) is 39.8 Å². The fourth-order valence-electron chi connectivity index (χ4n) is 2.08. The van der Waals surface area contributed by atoms with E-state index in [9.17, 15) is 0 Å². The zero-order valence-corrected chi connectivity index (χ0v) is 9.13. The Balaban J connectivity index is 1.65. The van der Waals surface area contributed by atoms with Crippen molar-refractivity contribution in [3.05, 3.63) is 11.6 Å². The number of likely N-dealkylation sites (N-methyl/N-ethyl adjacent to an activating group) is 1. The van der Waals surface area contributed by atoms with Gasteiger partial charge in [-0.1, -0.05) is 11.6 Å². The van der Waals surface area contributed by atoms with Gasteiger partial charge in [0.05, 0.1) is 0 Å². The zero-order chi connectivity index (χ0) is 9.80. The van der Waals surface area contributed by atoms with E-state index in [1.165, 1.54) is 32.4 Å². The van der Waals surface area contributed by atoms with Crippen molar-refractivity contribution in [2.24, 2.45) is 0 Å². The molecule has 0 aromatic rings. The molecule has 3 heteroatoms. The van der Waals surface area contributed by atoms with Crippen molar-refractivity contribution < 1.29 is 0 Å². The van der Waals surface area contributed by atoms with Gasteiger partial charge in [-0.3, -0.25) is 5.43 Å². The molecule has 1 N–H and O–H groups in total. The minimum absolute atomic E-state index is 1.07. The Morgan fingerprint density at radius 2 is 2.07 bits per heavy atom. The van der Waals surface area contributed by atoms with Crippen LogP contribution in [0.4, 0.5) is 0 Å². The molecule has 2 aliphatic rings. The summed E-state index contributed by atoms with van der Waals surface area (Å²) in [7, 11) is 2.19. The Morgan fingerprint density at radius 3 is 2.71 bits per heavy atom. The molecule has 0 amide bonds. The molecule has 1 fully saturated rings. The third kappa shape index (κ3) is 2.80. The lowest BCUT2D eigenvalue weighted by molar-refractivity contribution is 0.108. The predicted molar refractivity (Wildman–Crippen MR) is 59.0 cm³/mol. The highest BCUT2D eigenvalue weighted by molar-refractivity contribution is 5.08. The van der Waals surface area contributed by atoms with Crippen LogP contribution in [0.5, 0.6) is 0 Å². The number of nitrogens with one attached hydrogen (secondary N) is 1. The van der Waals surface area contributed by atoms with Crippen molar-refractivity contribution in [2.45, 2.75) is 19.3 Å². The molecule has 0 saturated carbocycles. The lowest BCUT2D eigenvalue weighted by atomic mass is 10.2. The van der Waals surface area contributed by atoms with Crippen LogP contribution < -0.4 is 5.43 Å². The molecule has 2 rings (SSSR count). The lowest BCUT2D eigenvalue weighted by Crippen LogP contribution is -2.51. The molecular formula is C11H21N3. The Kier molecular flexibility index (Phi) is 3.56. The fourth-order valence-corrected chi connectivity index (χ4v) is 2.08. The summed E-state index contributed by atoms with van der Waals surface area (Å²) in [6.45, 7) is 5.76. The molecular weight excluding hydrogens is 174 g/mol. The van der Waals surface area contributed by atoms with Gasteiger partial charge in [-0.2, -0.15) is 0 Å². The van der Waals surface area contributed by atoms with Gasteiger partial charge in [0.15, 0.2) is 0 Å². The normalized spacial score (nSPS) is 25.4. The van der Waals surface area contributed by atoms with Crippen molar-refractivity contribution in [1.29, 1.82) is 0 Å². The maximum Gasteiger partial charge on any atom is 0.0312 e. The summed E-state index contributed by atoms with van der Waals surface area (Å²) in [4.78, 5) is 2.38. The maximum atomic E-state index is 3.52. The summed E-state index contributed by atoms with van der Waals surface area (Å²) in [5.74, 6) is 0. The Morgan fingerprint density at radius 1 is 1.29 bits per heavy atom. The Bertz CT molecular complexity index is 205. The van der Waals surface area contributed by atoms with Crippen LogP contribution in [0.2, 0.25) is 0 Å². The first kappa shape index (κ1) is 10.1. The monoisotopic (exact) mass is 195 g/mol. The second kappa shape index (κ2) is 4.91. The summed E-state index contributed by atoms with van der Waals surface area (Å²) in [6.07, 6.45) is 6.35. The van der Waals surface area contributed by atoms with Crippen molar-refractivity contribution in [3.63, 3.8) is 0 Å². The summed E-state index contributed by atoms with van der Waals surface area (Å²) >= 11 is 0. The zero-order valence-electron chi connectivity index (χ0n) is 9.13. The van der Waals surface area contributed by atoms with Crippen LogP contribution in [0.25, 0.3) is 0 Å². The minimum atomic E-state index is 1.07. The molecule has 14 heavy (non-hydrogen) atoms. The summed E-state index contributed by atoms with van der Waals surface area (Å²) < 4.78 is 0. The third-order valence-corrected chi connectivity index (χ3v) is 3.17. The molecule has 0 radical (unpaired) electrons. The van der Waals surface area contributed by atoms with Crippen molar-refractivity contribution >= 4 is 0 Å². The fraction of sp³-hybridized carbons (Fsp3) is 0.818. The Hall–Kier alpha value is -0.380. The van der Waals surface area contributed by atoms with Gasteiger partial charge in [-0.15, -0.1) is 0 Å². The van der Waals surface area contributed by atoms with Gasteiger partial charge in [0, 0.05) is 32.7 Å². The van der Waals surface area contributed by atoms with Gasteiger partial charge in [0.1, 0.15) is 0 Å². The average Bonchev–Trinajstić information content (AvgIpc) is 2.70. The number of hydrogen-bond donors (Lipinski definition) is 1. The van der Waals surface area contributed by atoms with Gasteiger partial charge in [-0.05, 0) is 26.3 Å². The number of piperazine rings is 1. The molecule has 1 saturated heterocycles. The molecule has 0 aromatic heterocycles. The minimum Gasteiger partial charge on any atom is -0.304 e. The van der Waals surface area contributed by atoms with Crippen LogP contribution in [-0.2, 0) is 0 Å². The molecule has 80 valence electrons. The van der Waals surface area contributed by atoms with E-state index in [0.717, 1.165) is 19.6 Å². The van der Waals surface area contributed by atoms with E-state index in [0.29, 0.717) is 0 Å². The first-order chi connectivity index (χ1) is 6.84. The number of nitrogens with zero attached hydrogens (tertiary/aromatic N) is 2. The van der Waals surface area contributed by atoms with Gasteiger partial charge >= 0.3 is 0 Å². The van der Waals surface area contributed by atoms with E-state index in [-0.39, 0.29) is 0 Å². The average molecular weight is 195 g/mol. The summed E-state index contributed by atoms with van der Waals surface area (Å²) in [6, 6.07) is 0. The molecule has 1 heterocycles. The van der Waals surface area contributed by atoms with Gasteiger partial charge in [0.2, 0.25) is 0 Å². The van der Waals surface area contributed by atoms with E-state index in [4.69, 9.17) is 0 Å². The third-order valence-electron chi connectivity index (χ3n) is 3.17. The van der Waals surface area contributed by atoms with Gasteiger partial charge < -0.3 is 4.90 Å². The highest BCUT2D eigenvalue weighted by Crippen LogP contribution is 2.16. The molecule has 3 nitrogen and oxygen atoms in total. The second-order valence-corrected chi connectivity index (χ2v) is 4.38. The molecule has 0 aromatic carbocycles. The van der Waals surface area contributed by atoms with Gasteiger partial charge in [0.25, 0.3) is 0 Å². The van der Waals surface area contributed by atoms with E-state index in [1.807, 2.05) is 0 Å². The van der Waals surface area contributed by atoms with Crippen LogP contribution in [0.1, 0.15) is 19.3 Å². The second-order valence-electron chi connectivity index (χ2n) is 4.38. The van der Waals surface area contributed by atoms with Crippen LogP contribution in [0, 0.1) is 0 Å². The first-order valence-corrected chi connectivity index (χ1v) is 5.69. The summed E-state index contributed by atoms with van der Waals surface area (Å²) in [5.41, 5.74) is 5.12. The van der Waals surface area contributed by atoms with E-state index in [2.05, 4.69) is 28.5 Å². The van der Waals surface area contributed by atoms with E-state index < -0.39 is 0 Å². The molecule has 0 spiro atoms. The van der Waals surface area contributed by atoms with Crippen molar-refractivity contribution in [3.8, 4) is 0 Å². The predicted octanol–water partition coefficient (Wildman–Crippen LogP) is 0.849. The van der Waals surface area contributed by atoms with E-state index >= 15 is 0 Å². The summed E-state index contributed by atoms with van der Waals surface area (Å²) in [5, 5.41) is 2.36. The van der Waals surface area contributed by atoms with Crippen LogP contribution >= 0.6 is 0 Å². The standard InChI is InChI=1S/C11H21N3/c1-13-6-8-14(9-7-13)12-10-11-4-2-3-5-11/h4,12H,2-3,5-10H2,1H3. The van der Waals surface area contributed by atoms with Gasteiger partial charge in [-0.25, -0.2) is 5.01 Å². The number of hydrazine groups is 1. The quantitative estimate of drug-likeness (QED) is 0.674. The maximum absolute atomic E-state index is 3.52. The van der Waals surface area contributed by atoms with Crippen LogP contribution in [0.3, 0.4) is 0 Å². The molecule has 0 unspecified atom stereocenters. The van der Waals surface area contributed by atoms with Crippen LogP contribution in [-0.4, -0.2) is 49.7 Å².